The first-order valence-corrected chi connectivity index (χ1v) is 6.44. The van der Waals surface area contributed by atoms with Crippen LogP contribution in [0, 0.1) is 6.92 Å². The zero-order chi connectivity index (χ0) is 13.2. The lowest BCUT2D eigenvalue weighted by atomic mass is 10.2. The topological polar surface area (TPSA) is 38.1 Å². The minimum absolute atomic E-state index is 0.551. The number of oxazole rings is 1. The fourth-order valence-corrected chi connectivity index (χ4v) is 2.03. The van der Waals surface area contributed by atoms with Gasteiger partial charge >= 0.3 is 0 Å². The second-order valence-electron chi connectivity index (χ2n) is 4.44. The molecule has 0 unspecified atom stereocenters. The second-order valence-corrected chi connectivity index (χ2v) is 4.88. The van der Waals surface area contributed by atoms with E-state index in [-0.39, 0.29) is 0 Å². The van der Waals surface area contributed by atoms with Crippen LogP contribution in [0.5, 0.6) is 0 Å². The molecule has 0 spiro atoms. The summed E-state index contributed by atoms with van der Waals surface area (Å²) in [7, 11) is 0. The van der Waals surface area contributed by atoms with Gasteiger partial charge in [0, 0.05) is 16.8 Å². The smallest absolute Gasteiger partial charge is 0.214 e. The predicted molar refractivity (Wildman–Crippen MR) is 77.5 cm³/mol. The molecule has 0 atom stereocenters. The van der Waals surface area contributed by atoms with Gasteiger partial charge in [-0.3, -0.25) is 0 Å². The van der Waals surface area contributed by atoms with Crippen molar-refractivity contribution in [3.8, 4) is 0 Å². The number of anilines is 1. The third kappa shape index (κ3) is 2.71. The summed E-state index contributed by atoms with van der Waals surface area (Å²) in [6, 6.07) is 13.6. The maximum atomic E-state index is 5.91. The van der Waals surface area contributed by atoms with E-state index in [1.165, 1.54) is 5.56 Å². The van der Waals surface area contributed by atoms with Gasteiger partial charge in [0.1, 0.15) is 5.52 Å². The van der Waals surface area contributed by atoms with Crippen molar-refractivity contribution in [3.05, 3.63) is 58.9 Å². The van der Waals surface area contributed by atoms with E-state index in [1.54, 1.807) is 6.07 Å². The molecule has 0 saturated carbocycles. The van der Waals surface area contributed by atoms with Gasteiger partial charge in [0.05, 0.1) is 6.54 Å². The Morgan fingerprint density at radius 3 is 2.74 bits per heavy atom. The number of benzene rings is 2. The zero-order valence-electron chi connectivity index (χ0n) is 10.5. The average Bonchev–Trinajstić information content (AvgIpc) is 2.80. The van der Waals surface area contributed by atoms with Crippen molar-refractivity contribution in [1.82, 2.24) is 4.98 Å². The zero-order valence-corrected chi connectivity index (χ0v) is 11.2. The van der Waals surface area contributed by atoms with E-state index in [0.29, 0.717) is 23.0 Å². The van der Waals surface area contributed by atoms with Gasteiger partial charge in [-0.15, -0.1) is 0 Å². The number of aryl methyl sites for hydroxylation is 1. The SMILES string of the molecule is Cc1ccc(NCc2nc3ccc(Cl)cc3o2)cc1. The summed E-state index contributed by atoms with van der Waals surface area (Å²) in [4.78, 5) is 4.40. The number of hydrogen-bond acceptors (Lipinski definition) is 3. The third-order valence-electron chi connectivity index (χ3n) is 2.89. The largest absolute Gasteiger partial charge is 0.439 e. The van der Waals surface area contributed by atoms with E-state index in [2.05, 4.69) is 29.4 Å². The summed E-state index contributed by atoms with van der Waals surface area (Å²) >= 11 is 5.91. The molecule has 0 aliphatic heterocycles. The van der Waals surface area contributed by atoms with E-state index in [4.69, 9.17) is 16.0 Å². The van der Waals surface area contributed by atoms with E-state index in [1.807, 2.05) is 24.3 Å². The highest BCUT2D eigenvalue weighted by Gasteiger charge is 2.05. The van der Waals surface area contributed by atoms with Crippen LogP contribution in [0.3, 0.4) is 0 Å². The minimum atomic E-state index is 0.551. The molecule has 1 N–H and O–H groups in total. The van der Waals surface area contributed by atoms with E-state index >= 15 is 0 Å². The molecule has 19 heavy (non-hydrogen) atoms. The number of halogens is 1. The Labute approximate surface area is 116 Å². The molecule has 0 aliphatic carbocycles. The maximum Gasteiger partial charge on any atom is 0.214 e. The lowest BCUT2D eigenvalue weighted by molar-refractivity contribution is 0.540. The normalized spacial score (nSPS) is 10.8. The van der Waals surface area contributed by atoms with Crippen LogP contribution in [0.4, 0.5) is 5.69 Å². The Balaban J connectivity index is 1.76. The van der Waals surface area contributed by atoms with Crippen molar-refractivity contribution in [2.45, 2.75) is 13.5 Å². The first kappa shape index (κ1) is 12.1. The van der Waals surface area contributed by atoms with E-state index in [9.17, 15) is 0 Å². The Morgan fingerprint density at radius 1 is 1.16 bits per heavy atom. The molecular formula is C15H13ClN2O. The van der Waals surface area contributed by atoms with Gasteiger partial charge < -0.3 is 9.73 Å². The molecule has 0 fully saturated rings. The monoisotopic (exact) mass is 272 g/mol. The molecule has 0 aliphatic rings. The summed E-state index contributed by atoms with van der Waals surface area (Å²) in [5.41, 5.74) is 3.83. The fourth-order valence-electron chi connectivity index (χ4n) is 1.87. The molecule has 2 aromatic carbocycles. The van der Waals surface area contributed by atoms with Crippen LogP contribution in [0.15, 0.2) is 46.9 Å². The van der Waals surface area contributed by atoms with Gasteiger partial charge in [0.15, 0.2) is 5.58 Å². The number of fused-ring (bicyclic) bond motifs is 1. The number of rotatable bonds is 3. The highest BCUT2D eigenvalue weighted by atomic mass is 35.5. The molecule has 0 amide bonds. The lowest BCUT2D eigenvalue weighted by Gasteiger charge is -2.03. The van der Waals surface area contributed by atoms with Crippen LogP contribution >= 0.6 is 11.6 Å². The quantitative estimate of drug-likeness (QED) is 0.768. The molecule has 0 radical (unpaired) electrons. The van der Waals surface area contributed by atoms with Gasteiger partial charge in [0.2, 0.25) is 5.89 Å². The summed E-state index contributed by atoms with van der Waals surface area (Å²) < 4.78 is 5.64. The molecule has 0 bridgehead atoms. The van der Waals surface area contributed by atoms with Crippen LogP contribution in [-0.4, -0.2) is 4.98 Å². The summed E-state index contributed by atoms with van der Waals surface area (Å²) in [6.07, 6.45) is 0. The molecule has 3 nitrogen and oxygen atoms in total. The molecule has 96 valence electrons. The third-order valence-corrected chi connectivity index (χ3v) is 3.13. The summed E-state index contributed by atoms with van der Waals surface area (Å²) in [5, 5.41) is 3.93. The first-order valence-electron chi connectivity index (χ1n) is 6.06. The Bertz CT molecular complexity index is 704. The summed E-state index contributed by atoms with van der Waals surface area (Å²) in [6.45, 7) is 2.61. The van der Waals surface area contributed by atoms with Crippen LogP contribution in [0.2, 0.25) is 5.02 Å². The molecule has 3 rings (SSSR count). The van der Waals surface area contributed by atoms with Crippen molar-refractivity contribution in [1.29, 1.82) is 0 Å². The highest BCUT2D eigenvalue weighted by Crippen LogP contribution is 2.20. The first-order chi connectivity index (χ1) is 9.20. The number of nitrogens with zero attached hydrogens (tertiary/aromatic N) is 1. The molecule has 3 aromatic rings. The van der Waals surface area contributed by atoms with E-state index in [0.717, 1.165) is 11.2 Å². The van der Waals surface area contributed by atoms with Gasteiger partial charge in [-0.05, 0) is 31.2 Å². The van der Waals surface area contributed by atoms with Gasteiger partial charge in [0.25, 0.3) is 0 Å². The predicted octanol–water partition coefficient (Wildman–Crippen LogP) is 4.40. The van der Waals surface area contributed by atoms with Crippen molar-refractivity contribution in [2.75, 3.05) is 5.32 Å². The summed E-state index contributed by atoms with van der Waals surface area (Å²) in [5.74, 6) is 0.651. The number of nitrogens with one attached hydrogen (secondary N) is 1. The second kappa shape index (κ2) is 4.94. The Kier molecular flexibility index (Phi) is 3.13. The van der Waals surface area contributed by atoms with Gasteiger partial charge in [-0.2, -0.15) is 0 Å². The average molecular weight is 273 g/mol. The number of hydrogen-bond donors (Lipinski definition) is 1. The minimum Gasteiger partial charge on any atom is -0.439 e. The van der Waals surface area contributed by atoms with Gasteiger partial charge in [-0.25, -0.2) is 4.98 Å². The fraction of sp³-hybridized carbons (Fsp3) is 0.133. The van der Waals surface area contributed by atoms with E-state index < -0.39 is 0 Å². The van der Waals surface area contributed by atoms with Crippen LogP contribution in [0.1, 0.15) is 11.5 Å². The molecule has 1 aromatic heterocycles. The van der Waals surface area contributed by atoms with Crippen LogP contribution in [0.25, 0.3) is 11.1 Å². The van der Waals surface area contributed by atoms with Crippen molar-refractivity contribution >= 4 is 28.4 Å². The van der Waals surface area contributed by atoms with Crippen LogP contribution in [-0.2, 0) is 6.54 Å². The van der Waals surface area contributed by atoms with Crippen molar-refractivity contribution in [3.63, 3.8) is 0 Å². The molecule has 1 heterocycles. The van der Waals surface area contributed by atoms with Crippen LogP contribution < -0.4 is 5.32 Å². The molecular weight excluding hydrogens is 260 g/mol. The van der Waals surface area contributed by atoms with Gasteiger partial charge in [-0.1, -0.05) is 29.3 Å². The highest BCUT2D eigenvalue weighted by molar-refractivity contribution is 6.31. The molecule has 4 heteroatoms. The number of aromatic nitrogens is 1. The maximum absolute atomic E-state index is 5.91. The van der Waals surface area contributed by atoms with Crippen molar-refractivity contribution in [2.24, 2.45) is 0 Å². The Morgan fingerprint density at radius 2 is 1.95 bits per heavy atom. The molecule has 0 saturated heterocycles. The lowest BCUT2D eigenvalue weighted by Crippen LogP contribution is -1.99. The standard InChI is InChI=1S/C15H13ClN2O/c1-10-2-5-12(6-3-10)17-9-15-18-13-7-4-11(16)8-14(13)19-15/h2-8,17H,9H2,1H3. The Hall–Kier alpha value is -2.00. The van der Waals surface area contributed by atoms with Crippen molar-refractivity contribution < 1.29 is 4.42 Å².